The lowest BCUT2D eigenvalue weighted by Crippen LogP contribution is -2.01. The molecule has 0 saturated carbocycles. The van der Waals surface area contributed by atoms with E-state index in [0.717, 1.165) is 20.4 Å². The molecule has 0 spiro atoms. The van der Waals surface area contributed by atoms with Crippen molar-refractivity contribution in [2.45, 2.75) is 48.0 Å². The predicted molar refractivity (Wildman–Crippen MR) is 72.2 cm³/mol. The van der Waals surface area contributed by atoms with E-state index in [1.807, 2.05) is 6.92 Å². The highest BCUT2D eigenvalue weighted by Crippen LogP contribution is 1.56. The molecule has 0 aromatic carbocycles. The lowest BCUT2D eigenvalue weighted by molar-refractivity contribution is -0.135. The molecule has 0 rings (SSSR count). The highest BCUT2D eigenvalue weighted by Gasteiger charge is 1.66. The van der Waals surface area contributed by atoms with Crippen molar-refractivity contribution in [3.05, 3.63) is 0 Å². The zero-order chi connectivity index (χ0) is 16.1. The van der Waals surface area contributed by atoms with Crippen LogP contribution in [0.1, 0.15) is 48.0 Å². The van der Waals surface area contributed by atoms with Gasteiger partial charge in [-0.25, -0.2) is 0 Å². The van der Waals surface area contributed by atoms with Crippen molar-refractivity contribution >= 4 is 17.8 Å². The van der Waals surface area contributed by atoms with Gasteiger partial charge in [0.25, 0.3) is 11.9 Å². The summed E-state index contributed by atoms with van der Waals surface area (Å²) in [5.41, 5.74) is 9.32. The van der Waals surface area contributed by atoms with Gasteiger partial charge in [0, 0.05) is 20.8 Å². The number of nitrogens with two attached hydrogens (primary N) is 2. The van der Waals surface area contributed by atoms with Crippen molar-refractivity contribution < 1.29 is 24.6 Å². The van der Waals surface area contributed by atoms with Gasteiger partial charge in [0.1, 0.15) is 0 Å². The van der Waals surface area contributed by atoms with Gasteiger partial charge in [0.15, 0.2) is 0 Å². The van der Waals surface area contributed by atoms with Gasteiger partial charge in [0.2, 0.25) is 5.91 Å². The molecular formula is C11H28N2O5. The Labute approximate surface area is 109 Å². The maximum atomic E-state index is 9.22. The molecule has 1 amide bonds. The third-order valence-corrected chi connectivity index (χ3v) is 0. The van der Waals surface area contributed by atoms with Crippen LogP contribution in [0.5, 0.6) is 0 Å². The molecule has 0 saturated heterocycles. The van der Waals surface area contributed by atoms with Crippen LogP contribution in [-0.2, 0) is 14.4 Å². The largest absolute Gasteiger partial charge is 0.481 e. The molecule has 0 fully saturated rings. The van der Waals surface area contributed by atoms with Crippen molar-refractivity contribution in [1.82, 2.24) is 0 Å². The van der Waals surface area contributed by atoms with Crippen LogP contribution < -0.4 is 11.5 Å². The monoisotopic (exact) mass is 268 g/mol. The first-order chi connectivity index (χ1) is 8.02. The fourth-order valence-electron chi connectivity index (χ4n) is 0. The quantitative estimate of drug-likeness (QED) is 0.517. The summed E-state index contributed by atoms with van der Waals surface area (Å²) in [6, 6.07) is 0. The number of hydrogen-bond acceptors (Lipinski definition) is 4. The molecule has 0 unspecified atom stereocenters. The molecule has 0 aliphatic rings. The Hall–Kier alpha value is -1.63. The fraction of sp³-hybridized carbons (Fsp3) is 0.727. The van der Waals surface area contributed by atoms with Crippen LogP contribution in [0.15, 0.2) is 0 Å². The van der Waals surface area contributed by atoms with Gasteiger partial charge in [-0.3, -0.25) is 14.4 Å². The van der Waals surface area contributed by atoms with E-state index >= 15 is 0 Å². The second-order valence-electron chi connectivity index (χ2n) is 2.76. The number of carboxylic acid groups (broad SMARTS) is 2. The van der Waals surface area contributed by atoms with Crippen LogP contribution in [0.3, 0.4) is 0 Å². The lowest BCUT2D eigenvalue weighted by Gasteiger charge is -1.60. The Morgan fingerprint density at radius 3 is 0.889 bits per heavy atom. The van der Waals surface area contributed by atoms with Gasteiger partial charge in [-0.05, 0) is 6.54 Å². The molecule has 0 aromatic heterocycles. The molecule has 0 atom stereocenters. The van der Waals surface area contributed by atoms with E-state index in [4.69, 9.17) is 25.5 Å². The minimum Gasteiger partial charge on any atom is -0.481 e. The van der Waals surface area contributed by atoms with E-state index in [9.17, 15) is 4.79 Å². The van der Waals surface area contributed by atoms with Gasteiger partial charge < -0.3 is 21.7 Å². The third kappa shape index (κ3) is 967. The summed E-state index contributed by atoms with van der Waals surface area (Å²) < 4.78 is 0. The molecule has 0 bridgehead atoms. The number of carbonyl (C=O) groups excluding carboxylic acids is 1. The number of aliphatic carboxylic acids is 2. The zero-order valence-corrected chi connectivity index (χ0v) is 12.2. The number of carbonyl (C=O) groups is 3. The molecule has 112 valence electrons. The average Bonchev–Trinajstić information content (AvgIpc) is 2.00. The fourth-order valence-corrected chi connectivity index (χ4v) is 0. The Morgan fingerprint density at radius 2 is 0.889 bits per heavy atom. The number of hydrogen-bond donors (Lipinski definition) is 4. The summed E-state index contributed by atoms with van der Waals surface area (Å²) in [6.07, 6.45) is 1.25. The first-order valence-electron chi connectivity index (χ1n) is 5.38. The van der Waals surface area contributed by atoms with Crippen molar-refractivity contribution in [2.75, 3.05) is 6.54 Å². The molecule has 0 aromatic rings. The Balaban J connectivity index is -0.0000000394. The highest BCUT2D eigenvalue weighted by atomic mass is 16.4. The van der Waals surface area contributed by atoms with Crippen molar-refractivity contribution in [3.8, 4) is 0 Å². The summed E-state index contributed by atoms with van der Waals surface area (Å²) in [5.74, 6) is -2.00. The number of amides is 1. The van der Waals surface area contributed by atoms with E-state index in [1.165, 1.54) is 13.3 Å². The van der Waals surface area contributed by atoms with Crippen LogP contribution in [0.2, 0.25) is 0 Å². The first-order valence-corrected chi connectivity index (χ1v) is 5.38. The van der Waals surface area contributed by atoms with Crippen LogP contribution in [0.4, 0.5) is 0 Å². The van der Waals surface area contributed by atoms with Crippen molar-refractivity contribution in [2.24, 2.45) is 11.5 Å². The van der Waals surface area contributed by atoms with Crippen LogP contribution >= 0.6 is 0 Å². The summed E-state index contributed by atoms with van der Waals surface area (Å²) >= 11 is 0. The van der Waals surface area contributed by atoms with Gasteiger partial charge in [-0.2, -0.15) is 0 Å². The summed E-state index contributed by atoms with van der Waals surface area (Å²) in [6.45, 7) is 10.4. The van der Waals surface area contributed by atoms with Gasteiger partial charge in [0.05, 0.1) is 0 Å². The molecule has 0 radical (unpaired) electrons. The van der Waals surface area contributed by atoms with Gasteiger partial charge in [-0.1, -0.05) is 27.2 Å². The zero-order valence-electron chi connectivity index (χ0n) is 12.2. The molecule has 18 heavy (non-hydrogen) atoms. The normalized spacial score (nSPS) is 6.17. The molecule has 0 heterocycles. The second kappa shape index (κ2) is 36.1. The van der Waals surface area contributed by atoms with E-state index in [-0.39, 0.29) is 5.91 Å². The topological polar surface area (TPSA) is 144 Å². The SMILES string of the molecule is CC(=O)O.CC(=O)O.CC(N)=O.CCC.CCN. The third-order valence-electron chi connectivity index (χ3n) is 0. The molecule has 0 aliphatic heterocycles. The van der Waals surface area contributed by atoms with E-state index in [1.54, 1.807) is 0 Å². The maximum Gasteiger partial charge on any atom is 0.300 e. The number of primary amides is 1. The molecule has 7 heteroatoms. The second-order valence-corrected chi connectivity index (χ2v) is 2.76. The molecule has 0 aliphatic carbocycles. The van der Waals surface area contributed by atoms with Crippen molar-refractivity contribution in [3.63, 3.8) is 0 Å². The number of carboxylic acids is 2. The van der Waals surface area contributed by atoms with Crippen LogP contribution in [-0.4, -0.2) is 34.6 Å². The summed E-state index contributed by atoms with van der Waals surface area (Å²) in [7, 11) is 0. The Kier molecular flexibility index (Phi) is 60.1. The minimum atomic E-state index is -0.833. The van der Waals surface area contributed by atoms with E-state index in [0.29, 0.717) is 0 Å². The molecule has 6 N–H and O–H groups in total. The number of rotatable bonds is 0. The predicted octanol–water partition coefficient (Wildman–Crippen LogP) is 1.05. The Morgan fingerprint density at radius 1 is 0.889 bits per heavy atom. The van der Waals surface area contributed by atoms with Gasteiger partial charge >= 0.3 is 0 Å². The average molecular weight is 268 g/mol. The molecule has 7 nitrogen and oxygen atoms in total. The van der Waals surface area contributed by atoms with E-state index < -0.39 is 11.9 Å². The van der Waals surface area contributed by atoms with Gasteiger partial charge in [-0.15, -0.1) is 0 Å². The minimum absolute atomic E-state index is 0.333. The standard InChI is InChI=1S/C3H8.C2H5NO.C2H7N.2C2H4O2/c1-3-2;1-2(3)4;1-2-3;2*1-2(3)4/h3H2,1-2H3;1H3,(H2,3,4);2-3H2,1H3;2*1H3,(H,3,4). The lowest BCUT2D eigenvalue weighted by atomic mass is 10.6. The van der Waals surface area contributed by atoms with Crippen LogP contribution in [0.25, 0.3) is 0 Å². The highest BCUT2D eigenvalue weighted by molar-refractivity contribution is 5.70. The van der Waals surface area contributed by atoms with Crippen LogP contribution in [0, 0.1) is 0 Å². The summed E-state index contributed by atoms with van der Waals surface area (Å²) in [5, 5.41) is 14.8. The summed E-state index contributed by atoms with van der Waals surface area (Å²) in [4.78, 5) is 27.2. The maximum absolute atomic E-state index is 9.22. The molecular weight excluding hydrogens is 240 g/mol. The smallest absolute Gasteiger partial charge is 0.300 e. The Bertz CT molecular complexity index is 142. The van der Waals surface area contributed by atoms with E-state index in [2.05, 4.69) is 19.6 Å². The van der Waals surface area contributed by atoms with Crippen molar-refractivity contribution in [1.29, 1.82) is 0 Å². The first kappa shape index (κ1) is 29.9.